The van der Waals surface area contributed by atoms with Crippen LogP contribution >= 0.6 is 0 Å². The van der Waals surface area contributed by atoms with E-state index in [1.807, 2.05) is 0 Å². The minimum absolute atomic E-state index is 0.0668. The number of benzene rings is 1. The number of rotatable bonds is 7. The number of fused-ring (bicyclic) bond motifs is 1. The van der Waals surface area contributed by atoms with E-state index >= 15 is 0 Å². The smallest absolute Gasteiger partial charge is 0.251 e. The molecule has 110 valence electrons. The standard InChI is InChI=1S/C15H22N2O3/c1-3-17(4-2)9-5-8-16-15(18)12-6-7-13-14(10-12)20-11-19-13/h6-7,10H,3-5,8-9,11H2,1-2H3,(H,16,18). The van der Waals surface area contributed by atoms with Gasteiger partial charge in [-0.05, 0) is 44.3 Å². The number of ether oxygens (including phenoxy) is 2. The predicted octanol–water partition coefficient (Wildman–Crippen LogP) is 1.88. The molecule has 0 saturated carbocycles. The summed E-state index contributed by atoms with van der Waals surface area (Å²) in [5.41, 5.74) is 0.608. The van der Waals surface area contributed by atoms with E-state index in [1.165, 1.54) is 0 Å². The monoisotopic (exact) mass is 278 g/mol. The highest BCUT2D eigenvalue weighted by atomic mass is 16.7. The number of amides is 1. The van der Waals surface area contributed by atoms with Crippen LogP contribution in [0.1, 0.15) is 30.6 Å². The van der Waals surface area contributed by atoms with E-state index < -0.39 is 0 Å². The lowest BCUT2D eigenvalue weighted by Crippen LogP contribution is -2.29. The third kappa shape index (κ3) is 3.63. The zero-order valence-electron chi connectivity index (χ0n) is 12.1. The van der Waals surface area contributed by atoms with E-state index in [2.05, 4.69) is 24.1 Å². The average molecular weight is 278 g/mol. The quantitative estimate of drug-likeness (QED) is 0.774. The van der Waals surface area contributed by atoms with Gasteiger partial charge < -0.3 is 19.7 Å². The number of carbonyl (C=O) groups excluding carboxylic acids is 1. The second-order valence-corrected chi connectivity index (χ2v) is 4.70. The van der Waals surface area contributed by atoms with Gasteiger partial charge >= 0.3 is 0 Å². The Kier molecular flexibility index (Phi) is 5.24. The second-order valence-electron chi connectivity index (χ2n) is 4.70. The molecule has 0 aromatic heterocycles. The Bertz CT molecular complexity index is 458. The number of hydrogen-bond donors (Lipinski definition) is 1. The van der Waals surface area contributed by atoms with Gasteiger partial charge in [0.1, 0.15) is 0 Å². The molecule has 0 aliphatic carbocycles. The molecular formula is C15H22N2O3. The van der Waals surface area contributed by atoms with Gasteiger partial charge in [0.05, 0.1) is 0 Å². The molecule has 1 heterocycles. The van der Waals surface area contributed by atoms with Gasteiger partial charge in [-0.3, -0.25) is 4.79 Å². The van der Waals surface area contributed by atoms with Gasteiger partial charge in [0.2, 0.25) is 6.79 Å². The summed E-state index contributed by atoms with van der Waals surface area (Å²) in [7, 11) is 0. The summed E-state index contributed by atoms with van der Waals surface area (Å²) in [4.78, 5) is 14.3. The highest BCUT2D eigenvalue weighted by Crippen LogP contribution is 2.32. The van der Waals surface area contributed by atoms with E-state index in [1.54, 1.807) is 18.2 Å². The first-order valence-electron chi connectivity index (χ1n) is 7.14. The first-order valence-corrected chi connectivity index (χ1v) is 7.14. The van der Waals surface area contributed by atoms with Gasteiger partial charge in [-0.2, -0.15) is 0 Å². The summed E-state index contributed by atoms with van der Waals surface area (Å²) in [6.45, 7) is 8.31. The minimum Gasteiger partial charge on any atom is -0.454 e. The van der Waals surface area contributed by atoms with Crippen molar-refractivity contribution < 1.29 is 14.3 Å². The molecule has 1 aliphatic rings. The normalized spacial score (nSPS) is 12.8. The van der Waals surface area contributed by atoms with Crippen LogP contribution in [-0.2, 0) is 0 Å². The van der Waals surface area contributed by atoms with Crippen molar-refractivity contribution in [3.63, 3.8) is 0 Å². The van der Waals surface area contributed by atoms with Crippen LogP contribution in [0.2, 0.25) is 0 Å². The molecule has 2 rings (SSSR count). The van der Waals surface area contributed by atoms with Crippen LogP contribution in [0, 0.1) is 0 Å². The van der Waals surface area contributed by atoms with E-state index in [0.29, 0.717) is 23.6 Å². The molecule has 0 radical (unpaired) electrons. The third-order valence-electron chi connectivity index (χ3n) is 3.47. The fraction of sp³-hybridized carbons (Fsp3) is 0.533. The summed E-state index contributed by atoms with van der Waals surface area (Å²) in [5.74, 6) is 1.27. The largest absolute Gasteiger partial charge is 0.454 e. The molecule has 0 spiro atoms. The first kappa shape index (κ1) is 14.7. The molecule has 1 aromatic rings. The summed E-state index contributed by atoms with van der Waals surface area (Å²) >= 11 is 0. The van der Waals surface area contributed by atoms with Crippen LogP contribution in [0.15, 0.2) is 18.2 Å². The van der Waals surface area contributed by atoms with Crippen LogP contribution in [0.5, 0.6) is 11.5 Å². The maximum Gasteiger partial charge on any atom is 0.251 e. The summed E-state index contributed by atoms with van der Waals surface area (Å²) < 4.78 is 10.5. The number of hydrogen-bond acceptors (Lipinski definition) is 4. The molecule has 0 atom stereocenters. The minimum atomic E-state index is -0.0668. The number of carbonyl (C=O) groups is 1. The number of nitrogens with one attached hydrogen (secondary N) is 1. The topological polar surface area (TPSA) is 50.8 Å². The van der Waals surface area contributed by atoms with Crippen molar-refractivity contribution >= 4 is 5.91 Å². The fourth-order valence-electron chi connectivity index (χ4n) is 2.18. The van der Waals surface area contributed by atoms with Crippen molar-refractivity contribution in [1.82, 2.24) is 10.2 Å². The van der Waals surface area contributed by atoms with Crippen LogP contribution in [0.25, 0.3) is 0 Å². The van der Waals surface area contributed by atoms with Crippen molar-refractivity contribution in [3.8, 4) is 11.5 Å². The Labute approximate surface area is 119 Å². The molecule has 0 bridgehead atoms. The lowest BCUT2D eigenvalue weighted by Gasteiger charge is -2.17. The Balaban J connectivity index is 1.77. The van der Waals surface area contributed by atoms with Gasteiger partial charge in [0, 0.05) is 12.1 Å². The zero-order chi connectivity index (χ0) is 14.4. The van der Waals surface area contributed by atoms with Crippen molar-refractivity contribution in [2.75, 3.05) is 33.0 Å². The van der Waals surface area contributed by atoms with E-state index in [9.17, 15) is 4.79 Å². The van der Waals surface area contributed by atoms with Crippen molar-refractivity contribution in [3.05, 3.63) is 23.8 Å². The van der Waals surface area contributed by atoms with Crippen molar-refractivity contribution in [2.24, 2.45) is 0 Å². The van der Waals surface area contributed by atoms with E-state index in [4.69, 9.17) is 9.47 Å². The molecule has 5 heteroatoms. The molecule has 1 N–H and O–H groups in total. The van der Waals surface area contributed by atoms with E-state index in [-0.39, 0.29) is 12.7 Å². The van der Waals surface area contributed by atoms with E-state index in [0.717, 1.165) is 26.1 Å². The molecule has 1 aliphatic heterocycles. The zero-order valence-corrected chi connectivity index (χ0v) is 12.1. The summed E-state index contributed by atoms with van der Waals surface area (Å²) in [6.07, 6.45) is 0.956. The maximum atomic E-state index is 12.0. The van der Waals surface area contributed by atoms with Gasteiger partial charge in [-0.1, -0.05) is 13.8 Å². The molecule has 1 amide bonds. The summed E-state index contributed by atoms with van der Waals surface area (Å²) in [6, 6.07) is 5.25. The van der Waals surface area contributed by atoms with Gasteiger partial charge in [0.15, 0.2) is 11.5 Å². The molecule has 20 heavy (non-hydrogen) atoms. The number of nitrogens with zero attached hydrogens (tertiary/aromatic N) is 1. The highest BCUT2D eigenvalue weighted by Gasteiger charge is 2.15. The summed E-state index contributed by atoms with van der Waals surface area (Å²) in [5, 5.41) is 2.93. The Morgan fingerprint density at radius 3 is 2.75 bits per heavy atom. The average Bonchev–Trinajstić information content (AvgIpc) is 2.94. The van der Waals surface area contributed by atoms with Crippen molar-refractivity contribution in [2.45, 2.75) is 20.3 Å². The molecule has 0 fully saturated rings. The molecule has 1 aromatic carbocycles. The lowest BCUT2D eigenvalue weighted by atomic mass is 10.2. The van der Waals surface area contributed by atoms with Crippen molar-refractivity contribution in [1.29, 1.82) is 0 Å². The van der Waals surface area contributed by atoms with Gasteiger partial charge in [0.25, 0.3) is 5.91 Å². The van der Waals surface area contributed by atoms with Gasteiger partial charge in [-0.25, -0.2) is 0 Å². The molecule has 0 unspecified atom stereocenters. The molecule has 0 saturated heterocycles. The Hall–Kier alpha value is -1.75. The van der Waals surface area contributed by atoms with Crippen LogP contribution in [0.4, 0.5) is 0 Å². The fourth-order valence-corrected chi connectivity index (χ4v) is 2.18. The molecular weight excluding hydrogens is 256 g/mol. The van der Waals surface area contributed by atoms with Gasteiger partial charge in [-0.15, -0.1) is 0 Å². The SMILES string of the molecule is CCN(CC)CCCNC(=O)c1ccc2c(c1)OCO2. The maximum absolute atomic E-state index is 12.0. The second kappa shape index (κ2) is 7.14. The van der Waals surface area contributed by atoms with Crippen LogP contribution < -0.4 is 14.8 Å². The lowest BCUT2D eigenvalue weighted by molar-refractivity contribution is 0.0951. The molecule has 5 nitrogen and oxygen atoms in total. The first-order chi connectivity index (χ1) is 9.74. The van der Waals surface area contributed by atoms with Crippen LogP contribution in [-0.4, -0.2) is 43.8 Å². The third-order valence-corrected chi connectivity index (χ3v) is 3.47. The Morgan fingerprint density at radius 1 is 1.25 bits per heavy atom. The predicted molar refractivity (Wildman–Crippen MR) is 77.3 cm³/mol. The van der Waals surface area contributed by atoms with Crippen LogP contribution in [0.3, 0.4) is 0 Å². The Morgan fingerprint density at radius 2 is 2.00 bits per heavy atom. The highest BCUT2D eigenvalue weighted by molar-refractivity contribution is 5.94.